The molecule has 0 unspecified atom stereocenters. The minimum absolute atomic E-state index is 0.0421. The third kappa shape index (κ3) is 14.9. The molecule has 566 valence electrons. The number of hydrogen-bond acceptors (Lipinski definition) is 15. The summed E-state index contributed by atoms with van der Waals surface area (Å²) in [7, 11) is -6.70. The van der Waals surface area contributed by atoms with Gasteiger partial charge in [0.05, 0.1) is 89.6 Å². The molecule has 0 spiro atoms. The lowest BCUT2D eigenvalue weighted by Crippen LogP contribution is -2.20. The number of halogens is 3. The van der Waals surface area contributed by atoms with E-state index in [0.29, 0.717) is 128 Å². The van der Waals surface area contributed by atoms with Gasteiger partial charge in [-0.25, -0.2) is 31.8 Å². The van der Waals surface area contributed by atoms with E-state index in [1.807, 2.05) is 127 Å². The van der Waals surface area contributed by atoms with Crippen molar-refractivity contribution in [3.63, 3.8) is 0 Å². The van der Waals surface area contributed by atoms with Crippen molar-refractivity contribution in [3.8, 4) is 95.2 Å². The molecule has 1 saturated carbocycles. The second-order valence-corrected chi connectivity index (χ2v) is 33.5. The normalized spacial score (nSPS) is 12.7. The van der Waals surface area contributed by atoms with Gasteiger partial charge in [-0.2, -0.15) is 0 Å². The first kappa shape index (κ1) is 73.6. The number of benzene rings is 7. The summed E-state index contributed by atoms with van der Waals surface area (Å²) in [5.74, 6) is -0.177. The fourth-order valence-electron chi connectivity index (χ4n) is 15.4. The van der Waals surface area contributed by atoms with Crippen LogP contribution in [0.3, 0.4) is 0 Å². The zero-order valence-electron chi connectivity index (χ0n) is 61.4. The van der Waals surface area contributed by atoms with Crippen LogP contribution in [0.15, 0.2) is 252 Å². The largest absolute Gasteiger partial charge is 0.497 e. The first-order valence-electron chi connectivity index (χ1n) is 36.9. The van der Waals surface area contributed by atoms with Crippen LogP contribution in [-0.2, 0) is 38.0 Å². The Labute approximate surface area is 672 Å². The number of pyridine rings is 10. The topological polar surface area (TPSA) is 290 Å². The molecule has 1 fully saturated rings. The highest BCUT2D eigenvalue weighted by Gasteiger charge is 2.26. The Morgan fingerprint density at radius 2 is 0.939 bits per heavy atom. The molecular weight excluding hydrogens is 1550 g/mol. The predicted octanol–water partition coefficient (Wildman–Crippen LogP) is 19.7. The first-order chi connectivity index (χ1) is 55.6. The molecule has 0 amide bonds. The van der Waals surface area contributed by atoms with Crippen molar-refractivity contribution in [2.24, 2.45) is 5.92 Å². The Morgan fingerprint density at radius 1 is 0.443 bits per heavy atom. The number of hydrogen-bond donors (Lipinski definition) is 5. The van der Waals surface area contributed by atoms with Crippen LogP contribution in [0.2, 0.25) is 15.1 Å². The molecular formula is C90H65Cl3N12O8S2. The molecule has 17 aromatic rings. The molecule has 0 saturated heterocycles. The number of aromatic nitrogens is 10. The average molecular weight is 1610 g/mol. The van der Waals surface area contributed by atoms with Crippen LogP contribution >= 0.6 is 34.8 Å². The summed E-state index contributed by atoms with van der Waals surface area (Å²) in [4.78, 5) is 87.4. The van der Waals surface area contributed by atoms with E-state index in [9.17, 15) is 31.2 Å². The van der Waals surface area contributed by atoms with Crippen LogP contribution in [0.4, 0.5) is 11.4 Å². The summed E-state index contributed by atoms with van der Waals surface area (Å²) in [6.07, 6.45) is 13.4. The number of nitrogens with one attached hydrogen (secondary N) is 5. The number of H-pyrrole nitrogens is 3. The fourth-order valence-corrected chi connectivity index (χ4v) is 18.6. The molecule has 115 heavy (non-hydrogen) atoms. The number of nitrogens with zero attached hydrogens (tertiary/aromatic N) is 7. The Balaban J connectivity index is 0.739. The second-order valence-electron chi connectivity index (χ2n) is 28.9. The molecule has 10 aromatic heterocycles. The summed E-state index contributed by atoms with van der Waals surface area (Å²) in [6.45, 7) is 1.79. The lowest BCUT2D eigenvalue weighted by Gasteiger charge is -2.16. The smallest absolute Gasteiger partial charge is 0.238 e. The quantitative estimate of drug-likeness (QED) is 0.0503. The van der Waals surface area contributed by atoms with Crippen LogP contribution < -0.4 is 30.5 Å². The van der Waals surface area contributed by atoms with E-state index in [1.165, 1.54) is 38.4 Å². The van der Waals surface area contributed by atoms with Crippen molar-refractivity contribution in [1.82, 2.24) is 49.8 Å². The summed E-state index contributed by atoms with van der Waals surface area (Å²) in [5, 5.41) is 3.88. The zero-order chi connectivity index (χ0) is 79.0. The Bertz CT molecular complexity index is 7310. The van der Waals surface area contributed by atoms with Gasteiger partial charge >= 0.3 is 0 Å². The molecule has 0 aliphatic heterocycles. The number of methoxy groups -OCH3 is 1. The minimum Gasteiger partial charge on any atom is -0.497 e. The second kappa shape index (κ2) is 29.9. The molecule has 10 heterocycles. The standard InChI is InChI=1S/C90H65Cl3N12O8S2/c1-49-20-21-66(46-95-49)105-114(109,110)47-64-45-98-88-75(87(64)108)42-72(82(101-88)54-17-8-15-52(28-54)62-33-60-31-58(36-77(92)85(60)96-43-62)70-40-73-79(106)38-67(27-50-11-6-7-12-50)99-89(73)102-81(70)51-13-4-3-5-14-51)59-32-61-34-63(44-97-86(61)78(93)37-59)53-16-9-18-55(29-53)83-71(57-30-56-19-10-26-94-84(56)76(91)35-57)41-74-80(107)39-68(100-90(74)103-83)48-115(111,112)104-65-22-24-69(113-2)25-23-65/h3-5,8-10,13-26,28-46,50,104-105H,6-7,11-12,27,47-48H2,1-2H3,(H,98,101,108)(H,99,102,106)(H,100,103,107). The van der Waals surface area contributed by atoms with Crippen LogP contribution in [0.25, 0.3) is 155 Å². The van der Waals surface area contributed by atoms with Crippen molar-refractivity contribution in [2.45, 2.75) is 50.5 Å². The number of aromatic amines is 3. The van der Waals surface area contributed by atoms with Crippen LogP contribution in [0.1, 0.15) is 48.3 Å². The predicted molar refractivity (Wildman–Crippen MR) is 459 cm³/mol. The molecule has 0 radical (unpaired) electrons. The van der Waals surface area contributed by atoms with E-state index < -0.39 is 42.4 Å². The van der Waals surface area contributed by atoms with E-state index in [0.717, 1.165) is 63.5 Å². The highest BCUT2D eigenvalue weighted by molar-refractivity contribution is 7.92. The molecule has 0 bridgehead atoms. The van der Waals surface area contributed by atoms with Gasteiger partial charge in [-0.1, -0.05) is 133 Å². The minimum atomic E-state index is -4.15. The van der Waals surface area contributed by atoms with Gasteiger partial charge in [0, 0.05) is 126 Å². The monoisotopic (exact) mass is 1610 g/mol. The van der Waals surface area contributed by atoms with E-state index in [-0.39, 0.29) is 49.5 Å². The van der Waals surface area contributed by atoms with E-state index in [4.69, 9.17) is 64.5 Å². The number of rotatable bonds is 19. The number of fused-ring (bicyclic) bond motifs is 6. The number of sulfonamides is 2. The lowest BCUT2D eigenvalue weighted by molar-refractivity contribution is 0.415. The van der Waals surface area contributed by atoms with E-state index in [1.54, 1.807) is 98.3 Å². The van der Waals surface area contributed by atoms with Gasteiger partial charge in [0.1, 0.15) is 28.4 Å². The summed E-state index contributed by atoms with van der Waals surface area (Å²) >= 11 is 21.6. The van der Waals surface area contributed by atoms with Crippen molar-refractivity contribution in [2.75, 3.05) is 16.6 Å². The highest BCUT2D eigenvalue weighted by atomic mass is 35.5. The van der Waals surface area contributed by atoms with E-state index in [2.05, 4.69) is 34.4 Å². The molecule has 5 N–H and O–H groups in total. The van der Waals surface area contributed by atoms with Gasteiger partial charge < -0.3 is 19.7 Å². The van der Waals surface area contributed by atoms with Gasteiger partial charge in [0.2, 0.25) is 20.0 Å². The van der Waals surface area contributed by atoms with Crippen LogP contribution in [-0.4, -0.2) is 73.8 Å². The summed E-state index contributed by atoms with van der Waals surface area (Å²) in [5.41, 5.74) is 13.6. The zero-order valence-corrected chi connectivity index (χ0v) is 65.3. The van der Waals surface area contributed by atoms with Gasteiger partial charge in [0.25, 0.3) is 0 Å². The third-order valence-corrected chi connectivity index (χ3v) is 24.3. The molecule has 7 aromatic carbocycles. The van der Waals surface area contributed by atoms with Crippen molar-refractivity contribution in [1.29, 1.82) is 0 Å². The maximum Gasteiger partial charge on any atom is 0.238 e. The number of anilines is 2. The van der Waals surface area contributed by atoms with Crippen molar-refractivity contribution in [3.05, 3.63) is 306 Å². The number of aryl methyl sites for hydroxylation is 1. The first-order valence-corrected chi connectivity index (χ1v) is 41.4. The van der Waals surface area contributed by atoms with Gasteiger partial charge in [-0.3, -0.25) is 43.8 Å². The molecule has 1 aliphatic carbocycles. The molecule has 20 nitrogen and oxygen atoms in total. The Kier molecular flexibility index (Phi) is 19.2. The SMILES string of the molecule is COc1ccc(NS(=O)(=O)Cc2cc(=O)c3cc(-c4cc(Cl)c5ncccc5c4)c(-c4cccc(-c5cnc6c(Cl)cc(-c7cc8c(=O)c(CS(=O)(=O)Nc9ccc(C)nc9)c[nH]c8nc7-c7cccc(-c8cnc9c(Cl)cc(-c%10cc%11c(=O)cc(CC%12CCCC%12)[nH]c%11nc%10-c%10ccccc%10)cc9c8)c7)cc6c5)c4)nc3[nH]2)cc1. The van der Waals surface area contributed by atoms with Gasteiger partial charge in [0.15, 0.2) is 16.3 Å². The molecule has 1 aliphatic rings. The lowest BCUT2D eigenvalue weighted by atomic mass is 9.93. The molecule has 25 heteroatoms. The average Bonchev–Trinajstić information content (AvgIpc) is 0.939. The maximum absolute atomic E-state index is 15.0. The number of ether oxygens (including phenoxy) is 1. The fraction of sp³-hybridized carbons (Fsp3) is 0.111. The highest BCUT2D eigenvalue weighted by Crippen LogP contribution is 2.44. The Hall–Kier alpha value is -12.8. The third-order valence-electron chi connectivity index (χ3n) is 21.0. The van der Waals surface area contributed by atoms with Crippen molar-refractivity contribution >= 4 is 132 Å². The van der Waals surface area contributed by atoms with Crippen LogP contribution in [0.5, 0.6) is 5.75 Å². The maximum atomic E-state index is 15.0. The summed E-state index contributed by atoms with van der Waals surface area (Å²) in [6, 6.07) is 62.1. The van der Waals surface area contributed by atoms with Crippen LogP contribution in [0, 0.1) is 12.8 Å². The molecule has 18 rings (SSSR count). The van der Waals surface area contributed by atoms with Crippen molar-refractivity contribution < 1.29 is 21.6 Å². The van der Waals surface area contributed by atoms with Gasteiger partial charge in [-0.15, -0.1) is 0 Å². The van der Waals surface area contributed by atoms with Gasteiger partial charge in [-0.05, 0) is 168 Å². The summed E-state index contributed by atoms with van der Waals surface area (Å²) < 4.78 is 65.4. The molecule has 0 atom stereocenters. The Morgan fingerprint density at radius 3 is 1.52 bits per heavy atom. The van der Waals surface area contributed by atoms with E-state index >= 15 is 0 Å².